The Morgan fingerprint density at radius 3 is 2.90 bits per heavy atom. The Hall–Kier alpha value is -2.02. The van der Waals surface area contributed by atoms with Crippen LogP contribution in [0.1, 0.15) is 19.0 Å². The lowest BCUT2D eigenvalue weighted by Crippen LogP contribution is -2.03. The van der Waals surface area contributed by atoms with Crippen LogP contribution in [0, 0.1) is 17.0 Å². The van der Waals surface area contributed by atoms with E-state index in [1.807, 2.05) is 6.92 Å². The molecule has 7 heteroatoms. The largest absolute Gasteiger partial charge is 0.439 e. The molecule has 20 heavy (non-hydrogen) atoms. The summed E-state index contributed by atoms with van der Waals surface area (Å²) in [5.41, 5.74) is 1.32. The van der Waals surface area contributed by atoms with Gasteiger partial charge in [-0.15, -0.1) is 0 Å². The van der Waals surface area contributed by atoms with Crippen molar-refractivity contribution >= 4 is 23.1 Å². The number of anilines is 1. The molecule has 0 unspecified atom stereocenters. The van der Waals surface area contributed by atoms with E-state index in [1.54, 1.807) is 25.1 Å². The Labute approximate surface area is 120 Å². The van der Waals surface area contributed by atoms with Gasteiger partial charge < -0.3 is 9.73 Å². The third-order valence-corrected chi connectivity index (χ3v) is 3.45. The van der Waals surface area contributed by atoms with Crippen LogP contribution in [-0.4, -0.2) is 16.5 Å². The van der Waals surface area contributed by atoms with Gasteiger partial charge in [0, 0.05) is 6.54 Å². The smallest absolute Gasteiger partial charge is 0.306 e. The van der Waals surface area contributed by atoms with E-state index in [1.165, 1.54) is 6.26 Å². The number of nitro groups is 1. The van der Waals surface area contributed by atoms with E-state index in [4.69, 9.17) is 4.42 Å². The van der Waals surface area contributed by atoms with Crippen molar-refractivity contribution in [2.24, 2.45) is 0 Å². The molecule has 2 rings (SSSR count). The third kappa shape index (κ3) is 3.30. The average Bonchev–Trinajstić information content (AvgIpc) is 2.81. The fourth-order valence-corrected chi connectivity index (χ4v) is 2.57. The predicted molar refractivity (Wildman–Crippen MR) is 77.2 cm³/mol. The van der Waals surface area contributed by atoms with Crippen molar-refractivity contribution in [3.63, 3.8) is 0 Å². The maximum absolute atomic E-state index is 11.3. The molecule has 0 spiro atoms. The summed E-state index contributed by atoms with van der Waals surface area (Å²) in [7, 11) is 0. The van der Waals surface area contributed by atoms with Crippen LogP contribution in [0.25, 0.3) is 0 Å². The lowest BCUT2D eigenvalue weighted by molar-refractivity contribution is -0.386. The summed E-state index contributed by atoms with van der Waals surface area (Å²) >= 11 is 1.15. The Balaban J connectivity index is 2.33. The van der Waals surface area contributed by atoms with Gasteiger partial charge >= 0.3 is 5.69 Å². The van der Waals surface area contributed by atoms with Crippen molar-refractivity contribution in [1.82, 2.24) is 4.98 Å². The lowest BCUT2D eigenvalue weighted by Gasteiger charge is -2.08. The minimum Gasteiger partial charge on any atom is -0.439 e. The molecule has 0 aliphatic heterocycles. The molecule has 0 saturated carbocycles. The van der Waals surface area contributed by atoms with Crippen LogP contribution < -0.4 is 5.32 Å². The molecule has 0 saturated heterocycles. The van der Waals surface area contributed by atoms with Gasteiger partial charge in [-0.2, -0.15) is 0 Å². The molecule has 0 bridgehead atoms. The second-order valence-corrected chi connectivity index (χ2v) is 5.19. The van der Waals surface area contributed by atoms with Crippen LogP contribution in [0.3, 0.4) is 0 Å². The Morgan fingerprint density at radius 2 is 2.30 bits per heavy atom. The van der Waals surface area contributed by atoms with Gasteiger partial charge in [0.05, 0.1) is 15.5 Å². The van der Waals surface area contributed by atoms with E-state index in [0.29, 0.717) is 22.4 Å². The summed E-state index contributed by atoms with van der Waals surface area (Å²) < 4.78 is 5.23. The van der Waals surface area contributed by atoms with Gasteiger partial charge in [0.25, 0.3) is 5.22 Å². The van der Waals surface area contributed by atoms with Gasteiger partial charge in [0.15, 0.2) is 0 Å². The maximum Gasteiger partial charge on any atom is 0.306 e. The molecular formula is C13H15N3O3S. The number of para-hydroxylation sites is 1. The molecule has 0 atom stereocenters. The summed E-state index contributed by atoms with van der Waals surface area (Å²) in [5.74, 6) is 0. The predicted octanol–water partition coefficient (Wildman–Crippen LogP) is 3.86. The second kappa shape index (κ2) is 6.42. The number of hydrogen-bond donors (Lipinski definition) is 1. The van der Waals surface area contributed by atoms with Crippen molar-refractivity contribution < 1.29 is 9.34 Å². The third-order valence-electron chi connectivity index (χ3n) is 2.54. The van der Waals surface area contributed by atoms with Crippen LogP contribution in [0.4, 0.5) is 11.4 Å². The molecule has 1 aromatic heterocycles. The SMILES string of the molecule is CCCNc1cccc(Sc2nc(C)co2)c1[N+](=O)[O-]. The number of aryl methyl sites for hydroxylation is 1. The Kier molecular flexibility index (Phi) is 4.62. The van der Waals surface area contributed by atoms with Gasteiger partial charge in [-0.3, -0.25) is 10.1 Å². The average molecular weight is 293 g/mol. The molecule has 0 aliphatic carbocycles. The second-order valence-electron chi connectivity index (χ2n) is 4.19. The summed E-state index contributed by atoms with van der Waals surface area (Å²) in [6, 6.07) is 5.18. The van der Waals surface area contributed by atoms with Crippen molar-refractivity contribution in [3.8, 4) is 0 Å². The Morgan fingerprint density at radius 1 is 1.50 bits per heavy atom. The van der Waals surface area contributed by atoms with Crippen molar-refractivity contribution in [1.29, 1.82) is 0 Å². The summed E-state index contributed by atoms with van der Waals surface area (Å²) in [6.45, 7) is 4.50. The zero-order chi connectivity index (χ0) is 14.5. The van der Waals surface area contributed by atoms with Gasteiger partial charge in [0.1, 0.15) is 12.0 Å². The molecule has 0 fully saturated rings. The van der Waals surface area contributed by atoms with E-state index in [0.717, 1.165) is 23.9 Å². The van der Waals surface area contributed by atoms with Crippen molar-refractivity contribution in [2.75, 3.05) is 11.9 Å². The molecule has 0 amide bonds. The van der Waals surface area contributed by atoms with Crippen LogP contribution in [0.15, 0.2) is 39.0 Å². The fourth-order valence-electron chi connectivity index (χ4n) is 1.67. The first-order valence-electron chi connectivity index (χ1n) is 6.23. The molecule has 1 heterocycles. The van der Waals surface area contributed by atoms with Crippen LogP contribution in [0.5, 0.6) is 0 Å². The first-order valence-corrected chi connectivity index (χ1v) is 7.04. The van der Waals surface area contributed by atoms with Gasteiger partial charge in [0.2, 0.25) is 0 Å². The summed E-state index contributed by atoms with van der Waals surface area (Å²) in [5, 5.41) is 14.8. The highest BCUT2D eigenvalue weighted by Gasteiger charge is 2.21. The van der Waals surface area contributed by atoms with E-state index in [2.05, 4.69) is 10.3 Å². The number of nitrogens with zero attached hydrogens (tertiary/aromatic N) is 2. The van der Waals surface area contributed by atoms with E-state index < -0.39 is 0 Å². The molecule has 0 radical (unpaired) electrons. The Bertz CT molecular complexity index is 613. The topological polar surface area (TPSA) is 81.2 Å². The van der Waals surface area contributed by atoms with Crippen LogP contribution in [-0.2, 0) is 0 Å². The normalized spacial score (nSPS) is 10.5. The monoisotopic (exact) mass is 293 g/mol. The van der Waals surface area contributed by atoms with E-state index in [9.17, 15) is 10.1 Å². The summed E-state index contributed by atoms with van der Waals surface area (Å²) in [4.78, 5) is 15.6. The lowest BCUT2D eigenvalue weighted by atomic mass is 10.2. The number of oxazole rings is 1. The van der Waals surface area contributed by atoms with Gasteiger partial charge in [-0.1, -0.05) is 13.0 Å². The number of hydrogen-bond acceptors (Lipinski definition) is 6. The van der Waals surface area contributed by atoms with Crippen LogP contribution in [0.2, 0.25) is 0 Å². The number of benzene rings is 1. The minimum atomic E-state index is -0.379. The molecule has 6 nitrogen and oxygen atoms in total. The van der Waals surface area contributed by atoms with Crippen molar-refractivity contribution in [2.45, 2.75) is 30.4 Å². The zero-order valence-corrected chi connectivity index (χ0v) is 12.1. The van der Waals surface area contributed by atoms with Crippen molar-refractivity contribution in [3.05, 3.63) is 40.3 Å². The first-order chi connectivity index (χ1) is 9.61. The standard InChI is InChI=1S/C13H15N3O3S/c1-3-7-14-10-5-4-6-11(12(10)16(17)18)20-13-15-9(2)8-19-13/h4-6,8,14H,3,7H2,1-2H3. The van der Waals surface area contributed by atoms with E-state index in [-0.39, 0.29) is 10.6 Å². The molecule has 0 aliphatic rings. The van der Waals surface area contributed by atoms with Crippen LogP contribution >= 0.6 is 11.8 Å². The number of nitro benzene ring substituents is 1. The quantitative estimate of drug-likeness (QED) is 0.643. The molecule has 106 valence electrons. The maximum atomic E-state index is 11.3. The number of nitrogens with one attached hydrogen (secondary N) is 1. The molecular weight excluding hydrogens is 278 g/mol. The molecule has 1 N–H and O–H groups in total. The highest BCUT2D eigenvalue weighted by molar-refractivity contribution is 7.99. The van der Waals surface area contributed by atoms with E-state index >= 15 is 0 Å². The number of aromatic nitrogens is 1. The number of rotatable bonds is 6. The molecule has 1 aromatic carbocycles. The minimum absolute atomic E-state index is 0.0572. The van der Waals surface area contributed by atoms with Gasteiger partial charge in [-0.05, 0) is 37.2 Å². The highest BCUT2D eigenvalue weighted by Crippen LogP contribution is 2.38. The summed E-state index contributed by atoms with van der Waals surface area (Å²) in [6.07, 6.45) is 2.42. The zero-order valence-electron chi connectivity index (χ0n) is 11.3. The first kappa shape index (κ1) is 14.4. The van der Waals surface area contributed by atoms with Gasteiger partial charge in [-0.25, -0.2) is 4.98 Å². The highest BCUT2D eigenvalue weighted by atomic mass is 32.2. The molecule has 2 aromatic rings. The fraction of sp³-hybridized carbons (Fsp3) is 0.308.